The third-order valence-corrected chi connectivity index (χ3v) is 7.61. The summed E-state index contributed by atoms with van der Waals surface area (Å²) in [4.78, 5) is 14.4. The van der Waals surface area contributed by atoms with E-state index in [-0.39, 0.29) is 16.7 Å². The summed E-state index contributed by atoms with van der Waals surface area (Å²) in [7, 11) is -3.55. The third kappa shape index (κ3) is 4.69. The largest absolute Gasteiger partial charge is 0.339 e. The SMILES string of the molecule is O=C(c1cccc(CNS(=O)(=O)c2ccc(Br)s2)c1)N1CCCCC1. The van der Waals surface area contributed by atoms with E-state index in [1.54, 1.807) is 30.3 Å². The number of hydrogen-bond acceptors (Lipinski definition) is 4. The molecule has 0 atom stereocenters. The van der Waals surface area contributed by atoms with Gasteiger partial charge < -0.3 is 4.90 Å². The van der Waals surface area contributed by atoms with Gasteiger partial charge in [-0.2, -0.15) is 0 Å². The predicted molar refractivity (Wildman–Crippen MR) is 102 cm³/mol. The molecule has 1 N–H and O–H groups in total. The van der Waals surface area contributed by atoms with E-state index in [2.05, 4.69) is 20.7 Å². The fourth-order valence-electron chi connectivity index (χ4n) is 2.79. The molecule has 0 spiro atoms. The first-order valence-corrected chi connectivity index (χ1v) is 11.2. The number of piperidine rings is 1. The number of nitrogens with one attached hydrogen (secondary N) is 1. The van der Waals surface area contributed by atoms with Crippen LogP contribution in [-0.4, -0.2) is 32.3 Å². The number of rotatable bonds is 5. The van der Waals surface area contributed by atoms with Crippen LogP contribution >= 0.6 is 27.3 Å². The van der Waals surface area contributed by atoms with Gasteiger partial charge in [0.25, 0.3) is 5.91 Å². The van der Waals surface area contributed by atoms with Gasteiger partial charge in [0.1, 0.15) is 4.21 Å². The summed E-state index contributed by atoms with van der Waals surface area (Å²) in [6.45, 7) is 1.74. The topological polar surface area (TPSA) is 66.5 Å². The number of thiophene rings is 1. The van der Waals surface area contributed by atoms with Crippen LogP contribution in [0, 0.1) is 0 Å². The summed E-state index contributed by atoms with van der Waals surface area (Å²) in [6.07, 6.45) is 3.26. The van der Waals surface area contributed by atoms with E-state index < -0.39 is 10.0 Å². The summed E-state index contributed by atoms with van der Waals surface area (Å²) in [5.74, 6) is 0.0200. The average Bonchev–Trinajstić information content (AvgIpc) is 3.08. The minimum Gasteiger partial charge on any atom is -0.339 e. The number of benzene rings is 1. The van der Waals surface area contributed by atoms with Gasteiger partial charge in [-0.25, -0.2) is 13.1 Å². The summed E-state index contributed by atoms with van der Waals surface area (Å²) < 4.78 is 28.2. The van der Waals surface area contributed by atoms with Gasteiger partial charge in [0.05, 0.1) is 3.79 Å². The molecular weight excluding hydrogens is 424 g/mol. The predicted octanol–water partition coefficient (Wildman–Crippen LogP) is 3.62. The van der Waals surface area contributed by atoms with Gasteiger partial charge >= 0.3 is 0 Å². The van der Waals surface area contributed by atoms with E-state index in [0.717, 1.165) is 46.6 Å². The Morgan fingerprint density at radius 2 is 1.92 bits per heavy atom. The standard InChI is InChI=1S/C17H19BrN2O3S2/c18-15-7-8-16(24-15)25(22,23)19-12-13-5-4-6-14(11-13)17(21)20-9-2-1-3-10-20/h4-8,11,19H,1-3,9-10,12H2. The van der Waals surface area contributed by atoms with Crippen molar-refractivity contribution in [2.45, 2.75) is 30.0 Å². The number of sulfonamides is 1. The van der Waals surface area contributed by atoms with Crippen molar-refractivity contribution < 1.29 is 13.2 Å². The van der Waals surface area contributed by atoms with E-state index in [4.69, 9.17) is 0 Å². The summed E-state index contributed by atoms with van der Waals surface area (Å²) in [5, 5.41) is 0. The first-order valence-electron chi connectivity index (χ1n) is 8.09. The Bertz CT molecular complexity index is 858. The van der Waals surface area contributed by atoms with Crippen LogP contribution in [0.3, 0.4) is 0 Å². The Morgan fingerprint density at radius 3 is 2.60 bits per heavy atom. The van der Waals surface area contributed by atoms with Crippen molar-refractivity contribution in [2.24, 2.45) is 0 Å². The minimum absolute atomic E-state index is 0.0200. The van der Waals surface area contributed by atoms with Crippen molar-refractivity contribution in [3.05, 3.63) is 51.3 Å². The minimum atomic E-state index is -3.55. The molecule has 1 saturated heterocycles. The number of carbonyl (C=O) groups is 1. The second-order valence-electron chi connectivity index (χ2n) is 5.94. The number of nitrogens with zero attached hydrogens (tertiary/aromatic N) is 1. The zero-order chi connectivity index (χ0) is 17.9. The molecule has 0 aliphatic carbocycles. The first kappa shape index (κ1) is 18.6. The van der Waals surface area contributed by atoms with Crippen LogP contribution in [-0.2, 0) is 16.6 Å². The molecule has 134 valence electrons. The van der Waals surface area contributed by atoms with Gasteiger partial charge in [-0.1, -0.05) is 12.1 Å². The van der Waals surface area contributed by atoms with Crippen molar-refractivity contribution in [1.82, 2.24) is 9.62 Å². The van der Waals surface area contributed by atoms with Crippen LogP contribution in [0.2, 0.25) is 0 Å². The maximum Gasteiger partial charge on any atom is 0.253 e. The van der Waals surface area contributed by atoms with E-state index in [0.29, 0.717) is 5.56 Å². The van der Waals surface area contributed by atoms with Crippen LogP contribution < -0.4 is 4.72 Å². The van der Waals surface area contributed by atoms with Gasteiger partial charge in [-0.3, -0.25) is 4.79 Å². The number of halogens is 1. The van der Waals surface area contributed by atoms with Crippen LogP contribution in [0.4, 0.5) is 0 Å². The fourth-order valence-corrected chi connectivity index (χ4v) is 5.86. The van der Waals surface area contributed by atoms with Crippen molar-refractivity contribution in [3.8, 4) is 0 Å². The van der Waals surface area contributed by atoms with Crippen molar-refractivity contribution in [2.75, 3.05) is 13.1 Å². The molecular formula is C17H19BrN2O3S2. The lowest BCUT2D eigenvalue weighted by Crippen LogP contribution is -2.35. The Morgan fingerprint density at radius 1 is 1.16 bits per heavy atom. The van der Waals surface area contributed by atoms with Gasteiger partial charge in [-0.15, -0.1) is 11.3 Å². The number of carbonyl (C=O) groups excluding carboxylic acids is 1. The Kier molecular flexibility index (Phi) is 5.93. The molecule has 0 radical (unpaired) electrons. The zero-order valence-electron chi connectivity index (χ0n) is 13.6. The van der Waals surface area contributed by atoms with Gasteiger partial charge in [0.2, 0.25) is 10.0 Å². The highest BCUT2D eigenvalue weighted by atomic mass is 79.9. The van der Waals surface area contributed by atoms with Crippen LogP contribution in [0.15, 0.2) is 44.4 Å². The van der Waals surface area contributed by atoms with Crippen LogP contribution in [0.5, 0.6) is 0 Å². The third-order valence-electron chi connectivity index (χ3n) is 4.10. The van der Waals surface area contributed by atoms with Gasteiger partial charge in [0, 0.05) is 25.2 Å². The Balaban J connectivity index is 1.68. The van der Waals surface area contributed by atoms with Gasteiger partial charge in [0.15, 0.2) is 0 Å². The molecule has 8 heteroatoms. The lowest BCUT2D eigenvalue weighted by atomic mass is 10.1. The summed E-state index contributed by atoms with van der Waals surface area (Å²) in [5.41, 5.74) is 1.37. The molecule has 1 aliphatic heterocycles. The molecule has 1 aromatic carbocycles. The second kappa shape index (κ2) is 7.99. The number of likely N-dealkylation sites (tertiary alicyclic amines) is 1. The van der Waals surface area contributed by atoms with Crippen molar-refractivity contribution >= 4 is 43.2 Å². The quantitative estimate of drug-likeness (QED) is 0.768. The van der Waals surface area contributed by atoms with E-state index in [1.807, 2.05) is 11.0 Å². The molecule has 0 unspecified atom stereocenters. The molecule has 1 aromatic heterocycles. The summed E-state index contributed by atoms with van der Waals surface area (Å²) in [6, 6.07) is 10.4. The average molecular weight is 443 g/mol. The van der Waals surface area contributed by atoms with Crippen LogP contribution in [0.25, 0.3) is 0 Å². The maximum atomic E-state index is 12.6. The highest BCUT2D eigenvalue weighted by Crippen LogP contribution is 2.26. The van der Waals surface area contributed by atoms with E-state index in [1.165, 1.54) is 6.42 Å². The van der Waals surface area contributed by atoms with Crippen LogP contribution in [0.1, 0.15) is 35.2 Å². The smallest absolute Gasteiger partial charge is 0.253 e. The molecule has 2 aromatic rings. The lowest BCUT2D eigenvalue weighted by Gasteiger charge is -2.26. The fraction of sp³-hybridized carbons (Fsp3) is 0.353. The van der Waals surface area contributed by atoms with E-state index >= 15 is 0 Å². The van der Waals surface area contributed by atoms with Crippen molar-refractivity contribution in [1.29, 1.82) is 0 Å². The monoisotopic (exact) mass is 442 g/mol. The zero-order valence-corrected chi connectivity index (χ0v) is 16.8. The van der Waals surface area contributed by atoms with Crippen molar-refractivity contribution in [3.63, 3.8) is 0 Å². The number of hydrogen-bond donors (Lipinski definition) is 1. The Labute approximate surface area is 160 Å². The maximum absolute atomic E-state index is 12.6. The highest BCUT2D eigenvalue weighted by Gasteiger charge is 2.19. The highest BCUT2D eigenvalue weighted by molar-refractivity contribution is 9.11. The first-order chi connectivity index (χ1) is 12.0. The normalized spacial score (nSPS) is 15.3. The Hall–Kier alpha value is -1.22. The lowest BCUT2D eigenvalue weighted by molar-refractivity contribution is 0.0724. The molecule has 1 fully saturated rings. The second-order valence-corrected chi connectivity index (χ2v) is 10.4. The number of amides is 1. The molecule has 25 heavy (non-hydrogen) atoms. The molecule has 5 nitrogen and oxygen atoms in total. The molecule has 0 saturated carbocycles. The molecule has 1 aliphatic rings. The molecule has 0 bridgehead atoms. The molecule has 1 amide bonds. The molecule has 3 rings (SSSR count). The van der Waals surface area contributed by atoms with Gasteiger partial charge in [-0.05, 0) is 65.0 Å². The van der Waals surface area contributed by atoms with E-state index in [9.17, 15) is 13.2 Å². The summed E-state index contributed by atoms with van der Waals surface area (Å²) >= 11 is 4.43. The molecule has 2 heterocycles.